The molecule has 1 saturated carbocycles. The molecule has 4 heteroatoms. The number of para-hydroxylation sites is 1. The first kappa shape index (κ1) is 19.8. The third kappa shape index (κ3) is 5.54. The van der Waals surface area contributed by atoms with Gasteiger partial charge in [-0.2, -0.15) is 0 Å². The van der Waals surface area contributed by atoms with Gasteiger partial charge in [0.25, 0.3) is 0 Å². The standard InChI is InChI=1S/C22H29NOSiTe/c1-25(2,3)24-22(17-11-6-12-18-22)21(23-19-13-7-4-8-14-19)26-20-15-9-5-10-16-20/h4-5,7-10,13-16H,6,11-12,17-18H2,1-3H3. The van der Waals surface area contributed by atoms with Gasteiger partial charge in [-0.3, -0.25) is 0 Å². The number of nitrogens with zero attached hydrogens (tertiary/aromatic N) is 1. The van der Waals surface area contributed by atoms with Crippen LogP contribution < -0.4 is 3.61 Å². The second-order valence-electron chi connectivity index (χ2n) is 7.94. The fourth-order valence-electron chi connectivity index (χ4n) is 3.51. The van der Waals surface area contributed by atoms with Gasteiger partial charge in [0, 0.05) is 0 Å². The molecule has 26 heavy (non-hydrogen) atoms. The van der Waals surface area contributed by atoms with Crippen LogP contribution in [0.25, 0.3) is 0 Å². The fourth-order valence-corrected chi connectivity index (χ4v) is 8.35. The van der Waals surface area contributed by atoms with Gasteiger partial charge in [0.15, 0.2) is 0 Å². The summed E-state index contributed by atoms with van der Waals surface area (Å²) < 4.78 is 9.69. The second-order valence-corrected chi connectivity index (χ2v) is 15.4. The van der Waals surface area contributed by atoms with E-state index in [9.17, 15) is 0 Å². The Balaban J connectivity index is 2.02. The molecule has 0 aliphatic heterocycles. The van der Waals surface area contributed by atoms with Gasteiger partial charge in [0.05, 0.1) is 0 Å². The van der Waals surface area contributed by atoms with E-state index in [1.807, 2.05) is 0 Å². The molecule has 2 aromatic rings. The van der Waals surface area contributed by atoms with Gasteiger partial charge in [-0.05, 0) is 0 Å². The van der Waals surface area contributed by atoms with Crippen LogP contribution in [0.3, 0.4) is 0 Å². The summed E-state index contributed by atoms with van der Waals surface area (Å²) in [6, 6.07) is 21.3. The third-order valence-electron chi connectivity index (χ3n) is 4.50. The Kier molecular flexibility index (Phi) is 6.74. The van der Waals surface area contributed by atoms with Crippen molar-refractivity contribution in [2.24, 2.45) is 4.99 Å². The molecule has 0 saturated heterocycles. The van der Waals surface area contributed by atoms with Gasteiger partial charge < -0.3 is 0 Å². The van der Waals surface area contributed by atoms with Crippen LogP contribution in [0.4, 0.5) is 5.69 Å². The van der Waals surface area contributed by atoms with E-state index >= 15 is 0 Å². The number of hydrogen-bond acceptors (Lipinski definition) is 2. The number of rotatable bonds is 6. The Labute approximate surface area is 169 Å². The molecule has 1 aliphatic carbocycles. The van der Waals surface area contributed by atoms with Crippen LogP contribution >= 0.6 is 0 Å². The first-order valence-electron chi connectivity index (χ1n) is 9.54. The predicted octanol–water partition coefficient (Wildman–Crippen LogP) is 5.30. The van der Waals surface area contributed by atoms with Crippen molar-refractivity contribution in [1.29, 1.82) is 0 Å². The van der Waals surface area contributed by atoms with Gasteiger partial charge in [0.1, 0.15) is 0 Å². The molecule has 3 rings (SSSR count). The van der Waals surface area contributed by atoms with Crippen LogP contribution in [-0.2, 0) is 4.43 Å². The van der Waals surface area contributed by atoms with Crippen LogP contribution in [0.5, 0.6) is 0 Å². The summed E-state index contributed by atoms with van der Waals surface area (Å²) in [6.07, 6.45) is 6.07. The normalized spacial score (nSPS) is 17.9. The monoisotopic (exact) mass is 481 g/mol. The molecule has 1 fully saturated rings. The molecule has 0 unspecified atom stereocenters. The Hall–Kier alpha value is -0.924. The summed E-state index contributed by atoms with van der Waals surface area (Å²) in [5.74, 6) is 0. The van der Waals surface area contributed by atoms with Crippen LogP contribution in [0.2, 0.25) is 19.6 Å². The van der Waals surface area contributed by atoms with Crippen molar-refractivity contribution < 1.29 is 4.43 Å². The molecule has 0 heterocycles. The molecule has 0 bridgehead atoms. The molecule has 0 aromatic heterocycles. The summed E-state index contributed by atoms with van der Waals surface area (Å²) in [5.41, 5.74) is 0.920. The molecule has 0 spiro atoms. The Morgan fingerprint density at radius 1 is 0.885 bits per heavy atom. The fraction of sp³-hybridized carbons (Fsp3) is 0.409. The van der Waals surface area contributed by atoms with E-state index in [-0.39, 0.29) is 5.60 Å². The zero-order valence-corrected chi connectivity index (χ0v) is 19.4. The van der Waals surface area contributed by atoms with Crippen molar-refractivity contribution in [1.82, 2.24) is 0 Å². The minimum absolute atomic E-state index is 0.142. The topological polar surface area (TPSA) is 21.6 Å². The first-order valence-corrected chi connectivity index (χ1v) is 15.3. The summed E-state index contributed by atoms with van der Waals surface area (Å²) in [6.45, 7) is 6.94. The maximum absolute atomic E-state index is 6.91. The summed E-state index contributed by atoms with van der Waals surface area (Å²) in [5, 5.41) is 0. The summed E-state index contributed by atoms with van der Waals surface area (Å²) in [7, 11) is -1.67. The van der Waals surface area contributed by atoms with Gasteiger partial charge in [0.2, 0.25) is 0 Å². The van der Waals surface area contributed by atoms with E-state index in [1.165, 1.54) is 26.6 Å². The molecular formula is C22H29NOSiTe. The zero-order chi connectivity index (χ0) is 18.5. The average Bonchev–Trinajstić information content (AvgIpc) is 2.62. The van der Waals surface area contributed by atoms with Crippen molar-refractivity contribution >= 4 is 42.3 Å². The van der Waals surface area contributed by atoms with Crippen molar-refractivity contribution in [2.45, 2.75) is 57.3 Å². The summed E-state index contributed by atoms with van der Waals surface area (Å²) in [4.78, 5) is 5.21. The number of aliphatic imine (C=N–C) groups is 1. The van der Waals surface area contributed by atoms with E-state index in [4.69, 9.17) is 9.42 Å². The minimum atomic E-state index is -1.67. The maximum atomic E-state index is 6.91. The van der Waals surface area contributed by atoms with E-state index in [1.54, 1.807) is 0 Å². The van der Waals surface area contributed by atoms with Crippen LogP contribution in [-0.4, -0.2) is 38.6 Å². The van der Waals surface area contributed by atoms with Crippen molar-refractivity contribution in [3.8, 4) is 0 Å². The third-order valence-corrected chi connectivity index (χ3v) is 8.82. The zero-order valence-electron chi connectivity index (χ0n) is 16.1. The first-order chi connectivity index (χ1) is 12.5. The predicted molar refractivity (Wildman–Crippen MR) is 116 cm³/mol. The van der Waals surface area contributed by atoms with E-state index in [2.05, 4.69) is 80.3 Å². The van der Waals surface area contributed by atoms with Gasteiger partial charge in [-0.15, -0.1) is 0 Å². The molecule has 0 atom stereocenters. The Morgan fingerprint density at radius 2 is 1.46 bits per heavy atom. The van der Waals surface area contributed by atoms with Crippen molar-refractivity contribution in [3.63, 3.8) is 0 Å². The molecule has 2 nitrogen and oxygen atoms in total. The SMILES string of the molecule is C[Si](C)(C)OC1(C(=Nc2ccccc2)[Te]c2ccccc2)CCCCC1. The van der Waals surface area contributed by atoms with Crippen LogP contribution in [0.15, 0.2) is 65.7 Å². The van der Waals surface area contributed by atoms with Crippen LogP contribution in [0, 0.1) is 0 Å². The molecule has 2 aromatic carbocycles. The number of hydrogen-bond donors (Lipinski definition) is 0. The molecule has 138 valence electrons. The summed E-state index contributed by atoms with van der Waals surface area (Å²) >= 11 is -0.567. The second kappa shape index (κ2) is 8.84. The average molecular weight is 479 g/mol. The van der Waals surface area contributed by atoms with Crippen molar-refractivity contribution in [2.75, 3.05) is 0 Å². The van der Waals surface area contributed by atoms with Gasteiger partial charge in [-0.1, -0.05) is 0 Å². The molecule has 0 amide bonds. The van der Waals surface area contributed by atoms with E-state index in [0.717, 1.165) is 18.5 Å². The molecule has 0 N–H and O–H groups in total. The molecular weight excluding hydrogens is 450 g/mol. The number of benzene rings is 2. The molecule has 1 aliphatic rings. The molecule has 0 radical (unpaired) electrons. The van der Waals surface area contributed by atoms with Crippen LogP contribution in [0.1, 0.15) is 32.1 Å². The van der Waals surface area contributed by atoms with Gasteiger partial charge >= 0.3 is 170 Å². The van der Waals surface area contributed by atoms with E-state index in [0.29, 0.717) is 0 Å². The Bertz CT molecular complexity index is 719. The van der Waals surface area contributed by atoms with Crippen molar-refractivity contribution in [3.05, 3.63) is 60.7 Å². The van der Waals surface area contributed by atoms with Gasteiger partial charge in [-0.25, -0.2) is 0 Å². The Morgan fingerprint density at radius 3 is 2.04 bits per heavy atom. The quantitative estimate of drug-likeness (QED) is 0.407. The van der Waals surface area contributed by atoms with E-state index < -0.39 is 29.2 Å².